The van der Waals surface area contributed by atoms with Crippen molar-refractivity contribution < 1.29 is 8.42 Å². The average molecular weight is 343 g/mol. The molecular weight excluding hydrogens is 328 g/mol. The van der Waals surface area contributed by atoms with Crippen LogP contribution in [-0.2, 0) is 10.0 Å². The van der Waals surface area contributed by atoms with E-state index in [1.54, 1.807) is 15.8 Å². The van der Waals surface area contributed by atoms with Crippen molar-refractivity contribution >= 4 is 38.6 Å². The van der Waals surface area contributed by atoms with Crippen LogP contribution in [-0.4, -0.2) is 19.3 Å². The van der Waals surface area contributed by atoms with Gasteiger partial charge in [-0.25, -0.2) is 8.42 Å². The molecule has 1 fully saturated rings. The molecule has 0 amide bonds. The van der Waals surface area contributed by atoms with Crippen molar-refractivity contribution in [3.05, 3.63) is 46.3 Å². The Labute approximate surface area is 133 Å². The summed E-state index contributed by atoms with van der Waals surface area (Å²) in [5, 5.41) is 2.25. The highest BCUT2D eigenvalue weighted by atomic mass is 35.5. The Balaban J connectivity index is 2.00. The highest BCUT2D eigenvalue weighted by Gasteiger charge is 2.37. The molecule has 2 N–H and O–H groups in total. The number of rotatable bonds is 3. The summed E-state index contributed by atoms with van der Waals surface area (Å²) in [6.07, 6.45) is 1.61. The third kappa shape index (κ3) is 2.68. The Bertz CT molecular complexity index is 758. The lowest BCUT2D eigenvalue weighted by molar-refractivity contribution is 0.398. The lowest BCUT2D eigenvalue weighted by atomic mass is 10.1. The highest BCUT2D eigenvalue weighted by molar-refractivity contribution is 7.91. The van der Waals surface area contributed by atoms with Crippen LogP contribution in [0.5, 0.6) is 0 Å². The molecule has 0 aliphatic carbocycles. The molecule has 0 saturated carbocycles. The topological polar surface area (TPSA) is 63.4 Å². The fourth-order valence-electron chi connectivity index (χ4n) is 2.67. The quantitative estimate of drug-likeness (QED) is 0.928. The van der Waals surface area contributed by atoms with E-state index in [1.807, 2.05) is 18.2 Å². The van der Waals surface area contributed by atoms with Gasteiger partial charge in [0.15, 0.2) is 0 Å². The van der Waals surface area contributed by atoms with Gasteiger partial charge in [0.05, 0.1) is 6.04 Å². The second-order valence-corrected chi connectivity index (χ2v) is 8.43. The number of benzene rings is 1. The predicted molar refractivity (Wildman–Crippen MR) is 86.1 cm³/mol. The van der Waals surface area contributed by atoms with E-state index < -0.39 is 10.0 Å². The van der Waals surface area contributed by atoms with E-state index >= 15 is 0 Å². The van der Waals surface area contributed by atoms with Crippen LogP contribution < -0.4 is 5.73 Å². The largest absolute Gasteiger partial charge is 0.398 e. The van der Waals surface area contributed by atoms with E-state index in [4.69, 9.17) is 17.3 Å². The number of hydrogen-bond donors (Lipinski definition) is 1. The molecule has 1 saturated heterocycles. The number of halogens is 1. The fourth-order valence-corrected chi connectivity index (χ4v) is 5.81. The number of nitrogens with zero attached hydrogens (tertiary/aromatic N) is 1. The predicted octanol–water partition coefficient (Wildman–Crippen LogP) is 3.51. The van der Waals surface area contributed by atoms with Crippen molar-refractivity contribution in [1.29, 1.82) is 0 Å². The summed E-state index contributed by atoms with van der Waals surface area (Å²) in [4.78, 5) is 0. The molecule has 0 radical (unpaired) electrons. The molecule has 1 aromatic carbocycles. The summed E-state index contributed by atoms with van der Waals surface area (Å²) in [6.45, 7) is 0.510. The van der Waals surface area contributed by atoms with E-state index in [2.05, 4.69) is 0 Å². The van der Waals surface area contributed by atoms with E-state index in [0.717, 1.165) is 29.7 Å². The number of thiophene rings is 1. The summed E-state index contributed by atoms with van der Waals surface area (Å²) in [5.41, 5.74) is 6.99. The number of nitrogens with two attached hydrogens (primary N) is 1. The molecule has 3 rings (SSSR count). The molecule has 112 valence electrons. The Morgan fingerprint density at radius 1 is 1.33 bits per heavy atom. The molecule has 1 atom stereocenters. The molecule has 2 aromatic rings. The first-order chi connectivity index (χ1) is 10.00. The van der Waals surface area contributed by atoms with Gasteiger partial charge in [-0.15, -0.1) is 11.3 Å². The molecule has 1 aromatic heterocycles. The first kappa shape index (κ1) is 14.8. The van der Waals surface area contributed by atoms with Crippen LogP contribution in [0.15, 0.2) is 39.9 Å². The molecule has 21 heavy (non-hydrogen) atoms. The zero-order chi connectivity index (χ0) is 15.0. The van der Waals surface area contributed by atoms with E-state index in [1.165, 1.54) is 6.07 Å². The van der Waals surface area contributed by atoms with Gasteiger partial charge in [-0.1, -0.05) is 29.8 Å². The van der Waals surface area contributed by atoms with E-state index in [0.29, 0.717) is 21.5 Å². The van der Waals surface area contributed by atoms with Gasteiger partial charge in [0, 0.05) is 22.6 Å². The van der Waals surface area contributed by atoms with Gasteiger partial charge in [0.25, 0.3) is 10.0 Å². The molecule has 0 bridgehead atoms. The van der Waals surface area contributed by atoms with Crippen LogP contribution in [0, 0.1) is 0 Å². The minimum absolute atomic E-state index is 0.202. The van der Waals surface area contributed by atoms with Gasteiger partial charge in [-0.2, -0.15) is 4.31 Å². The van der Waals surface area contributed by atoms with Crippen molar-refractivity contribution in [3.8, 4) is 0 Å². The molecule has 1 unspecified atom stereocenters. The Hall–Kier alpha value is -1.08. The lowest BCUT2D eigenvalue weighted by Crippen LogP contribution is -2.30. The number of nitrogen functional groups attached to an aromatic ring is 1. The van der Waals surface area contributed by atoms with E-state index in [9.17, 15) is 8.42 Å². The van der Waals surface area contributed by atoms with Crippen LogP contribution in [0.2, 0.25) is 5.02 Å². The maximum atomic E-state index is 12.8. The average Bonchev–Trinajstić information content (AvgIpc) is 3.08. The first-order valence-electron chi connectivity index (χ1n) is 6.60. The Kier molecular flexibility index (Phi) is 3.96. The summed E-state index contributed by atoms with van der Waals surface area (Å²) >= 11 is 7.39. The second-order valence-electron chi connectivity index (χ2n) is 4.99. The zero-order valence-electron chi connectivity index (χ0n) is 11.2. The van der Waals surface area contributed by atoms with Crippen LogP contribution in [0.3, 0.4) is 0 Å². The molecular formula is C14H15ClN2O2S2. The number of anilines is 1. The minimum atomic E-state index is -3.52. The lowest BCUT2D eigenvalue weighted by Gasteiger charge is -2.24. The Morgan fingerprint density at radius 3 is 2.76 bits per heavy atom. The van der Waals surface area contributed by atoms with Crippen molar-refractivity contribution in [2.45, 2.75) is 23.1 Å². The van der Waals surface area contributed by atoms with Crippen LogP contribution in [0.1, 0.15) is 24.4 Å². The molecule has 1 aliphatic rings. The molecule has 2 heterocycles. The van der Waals surface area contributed by atoms with Gasteiger partial charge in [-0.3, -0.25) is 0 Å². The van der Waals surface area contributed by atoms with Crippen LogP contribution in [0.25, 0.3) is 0 Å². The third-order valence-corrected chi connectivity index (χ3v) is 7.31. The summed E-state index contributed by atoms with van der Waals surface area (Å²) in [7, 11) is -3.52. The molecule has 1 aliphatic heterocycles. The van der Waals surface area contributed by atoms with Crippen LogP contribution in [0.4, 0.5) is 5.69 Å². The summed E-state index contributed by atoms with van der Waals surface area (Å²) in [6, 6.07) is 8.73. The highest BCUT2D eigenvalue weighted by Crippen LogP contribution is 2.40. The van der Waals surface area contributed by atoms with Crippen molar-refractivity contribution in [3.63, 3.8) is 0 Å². The normalized spacial score (nSPS) is 20.0. The number of sulfonamides is 1. The van der Waals surface area contributed by atoms with Gasteiger partial charge in [0.1, 0.15) is 4.21 Å². The molecule has 7 heteroatoms. The monoisotopic (exact) mass is 342 g/mol. The number of hydrogen-bond acceptors (Lipinski definition) is 4. The Morgan fingerprint density at radius 2 is 2.10 bits per heavy atom. The van der Waals surface area contributed by atoms with Crippen molar-refractivity contribution in [1.82, 2.24) is 4.31 Å². The fraction of sp³-hybridized carbons (Fsp3) is 0.286. The van der Waals surface area contributed by atoms with Gasteiger partial charge in [0.2, 0.25) is 0 Å². The van der Waals surface area contributed by atoms with Gasteiger partial charge in [-0.05, 0) is 30.5 Å². The SMILES string of the molecule is Nc1csc(S(=O)(=O)N2CCCC2c2ccccc2Cl)c1. The van der Waals surface area contributed by atoms with Crippen molar-refractivity contribution in [2.75, 3.05) is 12.3 Å². The maximum absolute atomic E-state index is 12.8. The van der Waals surface area contributed by atoms with E-state index in [-0.39, 0.29) is 6.04 Å². The van der Waals surface area contributed by atoms with Crippen molar-refractivity contribution in [2.24, 2.45) is 0 Å². The molecule has 0 spiro atoms. The summed E-state index contributed by atoms with van der Waals surface area (Å²) in [5.74, 6) is 0. The van der Waals surface area contributed by atoms with Gasteiger partial charge < -0.3 is 5.73 Å². The third-order valence-electron chi connectivity index (χ3n) is 3.63. The smallest absolute Gasteiger partial charge is 0.253 e. The first-order valence-corrected chi connectivity index (χ1v) is 9.30. The minimum Gasteiger partial charge on any atom is -0.398 e. The zero-order valence-corrected chi connectivity index (χ0v) is 13.6. The molecule has 4 nitrogen and oxygen atoms in total. The standard InChI is InChI=1S/C14H15ClN2O2S2/c15-12-5-2-1-4-11(12)13-6-3-7-17(13)21(18,19)14-8-10(16)9-20-14/h1-2,4-5,8-9,13H,3,6-7,16H2. The maximum Gasteiger partial charge on any atom is 0.253 e. The summed E-state index contributed by atoms with van der Waals surface area (Å²) < 4.78 is 27.4. The van der Waals surface area contributed by atoms with Gasteiger partial charge >= 0.3 is 0 Å². The second kappa shape index (κ2) is 5.61. The van der Waals surface area contributed by atoms with Crippen LogP contribution >= 0.6 is 22.9 Å².